The van der Waals surface area contributed by atoms with E-state index in [1.165, 1.54) is 0 Å². The molecule has 1 fully saturated rings. The Morgan fingerprint density at radius 2 is 2.27 bits per heavy atom. The van der Waals surface area contributed by atoms with Gasteiger partial charge >= 0.3 is 0 Å². The van der Waals surface area contributed by atoms with Crippen molar-refractivity contribution in [3.63, 3.8) is 0 Å². The zero-order valence-corrected chi connectivity index (χ0v) is 9.75. The molecule has 0 saturated carbocycles. The molecule has 1 atom stereocenters. The Bertz CT molecular complexity index is 251. The van der Waals surface area contributed by atoms with Gasteiger partial charge in [0.2, 0.25) is 11.8 Å². The molecule has 0 aliphatic carbocycles. The van der Waals surface area contributed by atoms with Crippen molar-refractivity contribution >= 4 is 11.8 Å². The van der Waals surface area contributed by atoms with Crippen LogP contribution in [-0.2, 0) is 9.59 Å². The van der Waals surface area contributed by atoms with Crippen LogP contribution in [0.1, 0.15) is 33.1 Å². The maximum atomic E-state index is 11.7. The molecular formula is C11H20N2O2. The maximum Gasteiger partial charge on any atom is 0.242 e. The van der Waals surface area contributed by atoms with E-state index in [2.05, 4.69) is 19.2 Å². The lowest BCUT2D eigenvalue weighted by molar-refractivity contribution is -0.133. The number of likely N-dealkylation sites (N-methyl/N-ethyl adjacent to an activating group) is 1. The molecule has 2 amide bonds. The van der Waals surface area contributed by atoms with Crippen LogP contribution in [0, 0.1) is 5.92 Å². The van der Waals surface area contributed by atoms with Crippen molar-refractivity contribution in [2.45, 2.75) is 39.2 Å². The standard InChI is InChI=1S/C11H20N2O2/c1-8(2)6-7-12-11(15)9-4-5-10(14)13(9)3/h8-9H,4-7H2,1-3H3,(H,12,15). The Balaban J connectivity index is 2.31. The van der Waals surface area contributed by atoms with E-state index in [-0.39, 0.29) is 17.9 Å². The molecule has 1 saturated heterocycles. The van der Waals surface area contributed by atoms with Gasteiger partial charge in [0.15, 0.2) is 0 Å². The molecule has 0 aromatic carbocycles. The molecule has 15 heavy (non-hydrogen) atoms. The molecule has 1 aliphatic heterocycles. The summed E-state index contributed by atoms with van der Waals surface area (Å²) in [7, 11) is 1.70. The van der Waals surface area contributed by atoms with Crippen molar-refractivity contribution in [1.82, 2.24) is 10.2 Å². The Kier molecular flexibility index (Phi) is 4.12. The molecular weight excluding hydrogens is 192 g/mol. The van der Waals surface area contributed by atoms with Gasteiger partial charge in [0.1, 0.15) is 6.04 Å². The molecule has 0 radical (unpaired) electrons. The number of carbonyl (C=O) groups is 2. The van der Waals surface area contributed by atoms with Gasteiger partial charge in [-0.2, -0.15) is 0 Å². The van der Waals surface area contributed by atoms with E-state index >= 15 is 0 Å². The van der Waals surface area contributed by atoms with Gasteiger partial charge in [0, 0.05) is 20.0 Å². The van der Waals surface area contributed by atoms with Crippen molar-refractivity contribution in [2.75, 3.05) is 13.6 Å². The summed E-state index contributed by atoms with van der Waals surface area (Å²) in [4.78, 5) is 24.4. The van der Waals surface area contributed by atoms with Gasteiger partial charge < -0.3 is 10.2 Å². The lowest BCUT2D eigenvalue weighted by Gasteiger charge is -2.19. The topological polar surface area (TPSA) is 49.4 Å². The first-order chi connectivity index (χ1) is 7.02. The number of carbonyl (C=O) groups excluding carboxylic acids is 2. The summed E-state index contributed by atoms with van der Waals surface area (Å²) >= 11 is 0. The highest BCUT2D eigenvalue weighted by Crippen LogP contribution is 2.16. The summed E-state index contributed by atoms with van der Waals surface area (Å²) in [5, 5.41) is 2.87. The molecule has 1 unspecified atom stereocenters. The maximum absolute atomic E-state index is 11.7. The van der Waals surface area contributed by atoms with Gasteiger partial charge in [-0.05, 0) is 18.8 Å². The summed E-state index contributed by atoms with van der Waals surface area (Å²) in [5.41, 5.74) is 0. The quantitative estimate of drug-likeness (QED) is 0.748. The van der Waals surface area contributed by atoms with Crippen LogP contribution in [0.2, 0.25) is 0 Å². The Labute approximate surface area is 91.0 Å². The Morgan fingerprint density at radius 3 is 2.73 bits per heavy atom. The Hall–Kier alpha value is -1.06. The van der Waals surface area contributed by atoms with Crippen molar-refractivity contribution in [3.05, 3.63) is 0 Å². The fourth-order valence-electron chi connectivity index (χ4n) is 1.71. The van der Waals surface area contributed by atoms with Crippen molar-refractivity contribution in [3.8, 4) is 0 Å². The highest BCUT2D eigenvalue weighted by atomic mass is 16.2. The van der Waals surface area contributed by atoms with Gasteiger partial charge in [-0.1, -0.05) is 13.8 Å². The average Bonchev–Trinajstić information content (AvgIpc) is 2.47. The van der Waals surface area contributed by atoms with E-state index in [9.17, 15) is 9.59 Å². The molecule has 1 aliphatic rings. The van der Waals surface area contributed by atoms with Crippen LogP contribution in [0.25, 0.3) is 0 Å². The van der Waals surface area contributed by atoms with Gasteiger partial charge in [0.25, 0.3) is 0 Å². The highest BCUT2D eigenvalue weighted by molar-refractivity contribution is 5.90. The zero-order valence-electron chi connectivity index (χ0n) is 9.75. The second-order valence-electron chi connectivity index (χ2n) is 4.53. The molecule has 0 aromatic rings. The highest BCUT2D eigenvalue weighted by Gasteiger charge is 2.32. The van der Waals surface area contributed by atoms with Crippen LogP contribution in [-0.4, -0.2) is 36.3 Å². The minimum Gasteiger partial charge on any atom is -0.354 e. The van der Waals surface area contributed by atoms with E-state index in [0.29, 0.717) is 25.3 Å². The van der Waals surface area contributed by atoms with Crippen molar-refractivity contribution in [2.24, 2.45) is 5.92 Å². The summed E-state index contributed by atoms with van der Waals surface area (Å²) in [6, 6.07) is -0.246. The van der Waals surface area contributed by atoms with Crippen LogP contribution in [0.5, 0.6) is 0 Å². The number of amides is 2. The van der Waals surface area contributed by atoms with E-state index < -0.39 is 0 Å². The van der Waals surface area contributed by atoms with Gasteiger partial charge in [-0.15, -0.1) is 0 Å². The van der Waals surface area contributed by atoms with Crippen molar-refractivity contribution < 1.29 is 9.59 Å². The van der Waals surface area contributed by atoms with Gasteiger partial charge in [-0.3, -0.25) is 9.59 Å². The SMILES string of the molecule is CC(C)CCNC(=O)C1CCC(=O)N1C. The molecule has 4 nitrogen and oxygen atoms in total. The summed E-state index contributed by atoms with van der Waals surface area (Å²) < 4.78 is 0. The van der Waals surface area contributed by atoms with Crippen LogP contribution in [0.4, 0.5) is 0 Å². The first-order valence-corrected chi connectivity index (χ1v) is 5.55. The first-order valence-electron chi connectivity index (χ1n) is 5.55. The van der Waals surface area contributed by atoms with Crippen LogP contribution in [0.3, 0.4) is 0 Å². The smallest absolute Gasteiger partial charge is 0.242 e. The summed E-state index contributed by atoms with van der Waals surface area (Å²) in [6.45, 7) is 4.95. The van der Waals surface area contributed by atoms with E-state index in [0.717, 1.165) is 6.42 Å². The number of nitrogens with one attached hydrogen (secondary N) is 1. The van der Waals surface area contributed by atoms with E-state index in [1.54, 1.807) is 11.9 Å². The lowest BCUT2D eigenvalue weighted by Crippen LogP contribution is -2.43. The molecule has 86 valence electrons. The van der Waals surface area contributed by atoms with Crippen molar-refractivity contribution in [1.29, 1.82) is 0 Å². The zero-order chi connectivity index (χ0) is 11.4. The molecule has 1 heterocycles. The minimum absolute atomic E-state index is 0.0102. The predicted octanol–water partition coefficient (Wildman–Crippen LogP) is 0.769. The largest absolute Gasteiger partial charge is 0.354 e. The third-order valence-corrected chi connectivity index (χ3v) is 2.82. The molecule has 1 N–H and O–H groups in total. The van der Waals surface area contributed by atoms with Crippen LogP contribution >= 0.6 is 0 Å². The molecule has 0 spiro atoms. The van der Waals surface area contributed by atoms with E-state index in [1.807, 2.05) is 0 Å². The molecule has 0 aromatic heterocycles. The second kappa shape index (κ2) is 5.14. The number of nitrogens with zero attached hydrogens (tertiary/aromatic N) is 1. The first kappa shape index (κ1) is 12.0. The molecule has 1 rings (SSSR count). The minimum atomic E-state index is -0.246. The predicted molar refractivity (Wildman–Crippen MR) is 58.3 cm³/mol. The average molecular weight is 212 g/mol. The number of hydrogen-bond acceptors (Lipinski definition) is 2. The van der Waals surface area contributed by atoms with E-state index in [4.69, 9.17) is 0 Å². The third kappa shape index (κ3) is 3.22. The third-order valence-electron chi connectivity index (χ3n) is 2.82. The number of rotatable bonds is 4. The lowest BCUT2D eigenvalue weighted by atomic mass is 10.1. The fourth-order valence-corrected chi connectivity index (χ4v) is 1.71. The monoisotopic (exact) mass is 212 g/mol. The molecule has 0 bridgehead atoms. The Morgan fingerprint density at radius 1 is 1.60 bits per heavy atom. The number of likely N-dealkylation sites (tertiary alicyclic amines) is 1. The molecule has 4 heteroatoms. The normalized spacial score (nSPS) is 21.2. The fraction of sp³-hybridized carbons (Fsp3) is 0.818. The van der Waals surface area contributed by atoms with Crippen LogP contribution < -0.4 is 5.32 Å². The van der Waals surface area contributed by atoms with Gasteiger partial charge in [0.05, 0.1) is 0 Å². The number of hydrogen-bond donors (Lipinski definition) is 1. The second-order valence-corrected chi connectivity index (χ2v) is 4.53. The summed E-state index contributed by atoms with van der Waals surface area (Å²) in [6.07, 6.45) is 2.14. The van der Waals surface area contributed by atoms with Gasteiger partial charge in [-0.25, -0.2) is 0 Å². The summed E-state index contributed by atoms with van der Waals surface area (Å²) in [5.74, 6) is 0.649. The van der Waals surface area contributed by atoms with Crippen LogP contribution in [0.15, 0.2) is 0 Å².